The molecular weight excluding hydrogens is 410 g/mol. The molecule has 2 aromatic rings. The Hall–Kier alpha value is -2.69. The maximum absolute atomic E-state index is 12.8. The van der Waals surface area contributed by atoms with Crippen molar-refractivity contribution in [2.45, 2.75) is 43.6 Å². The second kappa shape index (κ2) is 9.41. The first-order chi connectivity index (χ1) is 14.3. The molecule has 1 fully saturated rings. The largest absolute Gasteiger partial charge is 0.465 e. The molecule has 0 atom stereocenters. The average Bonchev–Trinajstić information content (AvgIpc) is 3.27. The standard InChI is InChI=1S/C19H25N5O5S/c1-4-29-13(26)9-20-12(25)10-30-17-14-16(23(2)19(28)24(3)18(14)27)21-15(22-17)11-7-5-6-8-11/h11H,4-10H2,1-3H3,(H,20,25). The maximum atomic E-state index is 12.8. The summed E-state index contributed by atoms with van der Waals surface area (Å²) in [5.41, 5.74) is -0.693. The summed E-state index contributed by atoms with van der Waals surface area (Å²) >= 11 is 1.09. The first kappa shape index (κ1) is 22.0. The van der Waals surface area contributed by atoms with Gasteiger partial charge in [0.1, 0.15) is 22.8 Å². The minimum Gasteiger partial charge on any atom is -0.465 e. The summed E-state index contributed by atoms with van der Waals surface area (Å²) in [5, 5.41) is 3.06. The molecule has 1 aliphatic carbocycles. The van der Waals surface area contributed by atoms with Crippen LogP contribution in [0, 0.1) is 0 Å². The van der Waals surface area contributed by atoms with Crippen molar-refractivity contribution in [2.24, 2.45) is 14.1 Å². The van der Waals surface area contributed by atoms with E-state index >= 15 is 0 Å². The molecule has 0 spiro atoms. The molecule has 1 saturated carbocycles. The predicted molar refractivity (Wildman–Crippen MR) is 112 cm³/mol. The van der Waals surface area contributed by atoms with Crippen molar-refractivity contribution in [2.75, 3.05) is 18.9 Å². The third-order valence-corrected chi connectivity index (χ3v) is 6.05. The number of thioether (sulfide) groups is 1. The Bertz CT molecular complexity index is 1090. The summed E-state index contributed by atoms with van der Waals surface area (Å²) < 4.78 is 7.12. The Morgan fingerprint density at radius 3 is 2.53 bits per heavy atom. The van der Waals surface area contributed by atoms with Crippen molar-refractivity contribution in [3.63, 3.8) is 0 Å². The average molecular weight is 436 g/mol. The zero-order valence-corrected chi connectivity index (χ0v) is 18.1. The fourth-order valence-electron chi connectivity index (χ4n) is 3.48. The molecule has 0 bridgehead atoms. The van der Waals surface area contributed by atoms with Crippen LogP contribution in [0.1, 0.15) is 44.3 Å². The lowest BCUT2D eigenvalue weighted by molar-refractivity contribution is -0.143. The van der Waals surface area contributed by atoms with Gasteiger partial charge in [-0.1, -0.05) is 24.6 Å². The van der Waals surface area contributed by atoms with Gasteiger partial charge in [-0.25, -0.2) is 14.8 Å². The highest BCUT2D eigenvalue weighted by molar-refractivity contribution is 8.00. The van der Waals surface area contributed by atoms with Crippen LogP contribution in [-0.2, 0) is 28.4 Å². The van der Waals surface area contributed by atoms with Crippen LogP contribution in [0.3, 0.4) is 0 Å². The van der Waals surface area contributed by atoms with Crippen LogP contribution in [0.25, 0.3) is 11.0 Å². The number of aryl methyl sites for hydroxylation is 1. The van der Waals surface area contributed by atoms with Gasteiger partial charge in [0, 0.05) is 20.0 Å². The molecule has 10 nitrogen and oxygen atoms in total. The lowest BCUT2D eigenvalue weighted by Gasteiger charge is -2.14. The molecule has 2 heterocycles. The first-order valence-electron chi connectivity index (χ1n) is 9.86. The van der Waals surface area contributed by atoms with Gasteiger partial charge in [0.05, 0.1) is 12.4 Å². The van der Waals surface area contributed by atoms with Crippen LogP contribution in [-0.4, -0.2) is 49.9 Å². The molecule has 1 amide bonds. The summed E-state index contributed by atoms with van der Waals surface area (Å²) in [5.74, 6) is -0.176. The fraction of sp³-hybridized carbons (Fsp3) is 0.579. The van der Waals surface area contributed by atoms with Gasteiger partial charge in [0.15, 0.2) is 5.65 Å². The highest BCUT2D eigenvalue weighted by atomic mass is 32.2. The molecule has 0 aliphatic heterocycles. The highest BCUT2D eigenvalue weighted by Crippen LogP contribution is 2.34. The van der Waals surface area contributed by atoms with Crippen molar-refractivity contribution >= 4 is 34.7 Å². The number of nitrogens with one attached hydrogen (secondary N) is 1. The molecule has 1 aliphatic rings. The van der Waals surface area contributed by atoms with E-state index in [1.165, 1.54) is 11.6 Å². The van der Waals surface area contributed by atoms with Gasteiger partial charge in [-0.15, -0.1) is 0 Å². The number of ether oxygens (including phenoxy) is 1. The van der Waals surface area contributed by atoms with Gasteiger partial charge in [0.2, 0.25) is 5.91 Å². The zero-order chi connectivity index (χ0) is 21.8. The number of hydrogen-bond donors (Lipinski definition) is 1. The van der Waals surface area contributed by atoms with Gasteiger partial charge in [-0.05, 0) is 19.8 Å². The molecule has 0 radical (unpaired) electrons. The van der Waals surface area contributed by atoms with Crippen molar-refractivity contribution in [3.05, 3.63) is 26.7 Å². The van der Waals surface area contributed by atoms with Gasteiger partial charge in [-0.3, -0.25) is 23.5 Å². The predicted octanol–water partition coefficient (Wildman–Crippen LogP) is 0.456. The Balaban J connectivity index is 1.93. The Labute approximate surface area is 177 Å². The maximum Gasteiger partial charge on any atom is 0.332 e. The number of fused-ring (bicyclic) bond motifs is 1. The molecule has 1 N–H and O–H groups in total. The van der Waals surface area contributed by atoms with E-state index in [9.17, 15) is 19.2 Å². The number of amides is 1. The van der Waals surface area contributed by atoms with Crippen LogP contribution in [0.2, 0.25) is 0 Å². The quantitative estimate of drug-likeness (QED) is 0.378. The molecule has 3 rings (SSSR count). The van der Waals surface area contributed by atoms with Crippen LogP contribution in [0.5, 0.6) is 0 Å². The molecule has 2 aromatic heterocycles. The van der Waals surface area contributed by atoms with Crippen molar-refractivity contribution < 1.29 is 14.3 Å². The monoisotopic (exact) mass is 435 g/mol. The lowest BCUT2D eigenvalue weighted by atomic mass is 10.1. The smallest absolute Gasteiger partial charge is 0.332 e. The van der Waals surface area contributed by atoms with E-state index in [1.807, 2.05) is 0 Å². The second-order valence-electron chi connectivity index (χ2n) is 7.14. The topological polar surface area (TPSA) is 125 Å². The van der Waals surface area contributed by atoms with Gasteiger partial charge in [0.25, 0.3) is 5.56 Å². The summed E-state index contributed by atoms with van der Waals surface area (Å²) in [6.07, 6.45) is 4.07. The van der Waals surface area contributed by atoms with Gasteiger partial charge >= 0.3 is 11.7 Å². The molecule has 0 aromatic carbocycles. The number of rotatable bonds is 7. The van der Waals surface area contributed by atoms with E-state index in [0.29, 0.717) is 10.9 Å². The van der Waals surface area contributed by atoms with E-state index in [0.717, 1.165) is 42.0 Å². The normalized spacial score (nSPS) is 14.2. The number of hydrogen-bond acceptors (Lipinski definition) is 8. The van der Waals surface area contributed by atoms with Crippen LogP contribution in [0.4, 0.5) is 0 Å². The first-order valence-corrected chi connectivity index (χ1v) is 10.8. The molecule has 0 saturated heterocycles. The van der Waals surface area contributed by atoms with Crippen LogP contribution in [0.15, 0.2) is 14.6 Å². The molecule has 30 heavy (non-hydrogen) atoms. The number of carbonyl (C=O) groups excluding carboxylic acids is 2. The Morgan fingerprint density at radius 2 is 1.87 bits per heavy atom. The number of nitrogens with zero attached hydrogens (tertiary/aromatic N) is 4. The summed E-state index contributed by atoms with van der Waals surface area (Å²) in [6.45, 7) is 1.70. The molecule has 11 heteroatoms. The van der Waals surface area contributed by atoms with Crippen molar-refractivity contribution in [3.8, 4) is 0 Å². The van der Waals surface area contributed by atoms with Crippen LogP contribution < -0.4 is 16.6 Å². The Kier molecular flexibility index (Phi) is 6.91. The third-order valence-electron chi connectivity index (χ3n) is 5.08. The molecular formula is C19H25N5O5S. The minimum absolute atomic E-state index is 0.0401. The summed E-state index contributed by atoms with van der Waals surface area (Å²) in [6, 6.07) is 0. The van der Waals surface area contributed by atoms with Crippen molar-refractivity contribution in [1.29, 1.82) is 0 Å². The summed E-state index contributed by atoms with van der Waals surface area (Å²) in [7, 11) is 2.96. The fourth-order valence-corrected chi connectivity index (χ4v) is 4.33. The molecule has 0 unspecified atom stereocenters. The van der Waals surface area contributed by atoms with E-state index in [2.05, 4.69) is 15.3 Å². The van der Waals surface area contributed by atoms with E-state index in [1.54, 1.807) is 14.0 Å². The van der Waals surface area contributed by atoms with E-state index < -0.39 is 17.2 Å². The number of esters is 1. The van der Waals surface area contributed by atoms with Gasteiger partial charge < -0.3 is 10.1 Å². The second-order valence-corrected chi connectivity index (χ2v) is 8.11. The minimum atomic E-state index is -0.518. The lowest BCUT2D eigenvalue weighted by Crippen LogP contribution is -2.38. The SMILES string of the molecule is CCOC(=O)CNC(=O)CSc1nc(C2CCCC2)nc2c1c(=O)n(C)c(=O)n2C. The number of aromatic nitrogens is 4. The van der Waals surface area contributed by atoms with E-state index in [4.69, 9.17) is 4.74 Å². The van der Waals surface area contributed by atoms with E-state index in [-0.39, 0.29) is 41.8 Å². The zero-order valence-electron chi connectivity index (χ0n) is 17.3. The number of carbonyl (C=O) groups is 2. The van der Waals surface area contributed by atoms with Crippen LogP contribution >= 0.6 is 11.8 Å². The van der Waals surface area contributed by atoms with Crippen molar-refractivity contribution in [1.82, 2.24) is 24.4 Å². The molecule has 162 valence electrons. The Morgan fingerprint density at radius 1 is 1.17 bits per heavy atom. The van der Waals surface area contributed by atoms with Gasteiger partial charge in [-0.2, -0.15) is 0 Å². The highest BCUT2D eigenvalue weighted by Gasteiger charge is 2.24. The summed E-state index contributed by atoms with van der Waals surface area (Å²) in [4.78, 5) is 57.9. The third kappa shape index (κ3) is 4.55.